The summed E-state index contributed by atoms with van der Waals surface area (Å²) in [6.45, 7) is -0.447. The number of anilines is 1. The summed E-state index contributed by atoms with van der Waals surface area (Å²) >= 11 is 0. The van der Waals surface area contributed by atoms with Crippen molar-refractivity contribution in [3.63, 3.8) is 0 Å². The fraction of sp³-hybridized carbons (Fsp3) is 0.0625. The van der Waals surface area contributed by atoms with Gasteiger partial charge in [0.05, 0.1) is 5.69 Å². The Balaban J connectivity index is 1.76. The Morgan fingerprint density at radius 3 is 2.54 bits per heavy atom. The van der Waals surface area contributed by atoms with Gasteiger partial charge in [0.1, 0.15) is 18.2 Å². The van der Waals surface area contributed by atoms with E-state index in [1.165, 1.54) is 42.5 Å². The number of benzene rings is 2. The molecule has 0 atom stereocenters. The second-order valence-electron chi connectivity index (χ2n) is 4.87. The van der Waals surface area contributed by atoms with Gasteiger partial charge < -0.3 is 9.73 Å². The topological polar surface area (TPSA) is 77.1 Å². The van der Waals surface area contributed by atoms with Crippen LogP contribution in [-0.4, -0.2) is 15.7 Å². The molecule has 0 unspecified atom stereocenters. The number of halogens is 2. The molecule has 0 fully saturated rings. The van der Waals surface area contributed by atoms with Crippen molar-refractivity contribution in [2.75, 3.05) is 5.32 Å². The number of carbonyl (C=O) groups excluding carboxylic acids is 1. The summed E-state index contributed by atoms with van der Waals surface area (Å²) < 4.78 is 32.1. The van der Waals surface area contributed by atoms with E-state index in [9.17, 15) is 18.4 Å². The van der Waals surface area contributed by atoms with Crippen molar-refractivity contribution < 1.29 is 18.0 Å². The van der Waals surface area contributed by atoms with Crippen LogP contribution in [0.5, 0.6) is 0 Å². The molecule has 3 aromatic rings. The first-order valence-electron chi connectivity index (χ1n) is 6.91. The molecule has 3 rings (SSSR count). The zero-order valence-electron chi connectivity index (χ0n) is 12.2. The first kappa shape index (κ1) is 15.6. The molecule has 24 heavy (non-hydrogen) atoms. The molecule has 2 aromatic carbocycles. The molecular weight excluding hydrogens is 320 g/mol. The molecule has 1 amide bonds. The number of aromatic nitrogens is 2. The molecule has 6 nitrogen and oxygen atoms in total. The van der Waals surface area contributed by atoms with Crippen LogP contribution in [0.4, 0.5) is 14.5 Å². The Hall–Kier alpha value is -3.29. The maximum Gasteiger partial charge on any atom is 0.437 e. The van der Waals surface area contributed by atoms with Crippen molar-refractivity contribution in [1.29, 1.82) is 0 Å². The molecule has 1 heterocycles. The number of amides is 1. The lowest BCUT2D eigenvalue weighted by Gasteiger charge is -2.05. The third-order valence-electron chi connectivity index (χ3n) is 3.14. The van der Waals surface area contributed by atoms with Gasteiger partial charge in [-0.1, -0.05) is 12.1 Å². The Labute approximate surface area is 134 Å². The second kappa shape index (κ2) is 6.45. The lowest BCUT2D eigenvalue weighted by molar-refractivity contribution is -0.117. The van der Waals surface area contributed by atoms with Gasteiger partial charge in [-0.3, -0.25) is 4.79 Å². The fourth-order valence-corrected chi connectivity index (χ4v) is 2.00. The minimum Gasteiger partial charge on any atom is -0.388 e. The number of hydrogen-bond acceptors (Lipinski definition) is 4. The maximum atomic E-state index is 13.5. The number of nitrogens with zero attached hydrogens (tertiary/aromatic N) is 2. The van der Waals surface area contributed by atoms with Crippen LogP contribution < -0.4 is 11.1 Å². The van der Waals surface area contributed by atoms with Gasteiger partial charge in [-0.2, -0.15) is 4.68 Å². The van der Waals surface area contributed by atoms with Crippen LogP contribution in [0.25, 0.3) is 11.5 Å². The number of para-hydroxylation sites is 1. The molecule has 1 aromatic heterocycles. The molecule has 0 saturated heterocycles. The van der Waals surface area contributed by atoms with Crippen LogP contribution in [0.2, 0.25) is 0 Å². The molecule has 8 heteroatoms. The zero-order valence-corrected chi connectivity index (χ0v) is 12.2. The average molecular weight is 331 g/mol. The highest BCUT2D eigenvalue weighted by Crippen LogP contribution is 2.16. The zero-order chi connectivity index (χ0) is 17.1. The standard InChI is InChI=1S/C16H11F2N3O3/c17-11-7-5-10(6-8-11)15-20-21(16(23)24-15)9-14(22)19-13-4-2-1-3-12(13)18/h1-8H,9H2,(H,19,22). The highest BCUT2D eigenvalue weighted by atomic mass is 19.1. The van der Waals surface area contributed by atoms with Gasteiger partial charge in [-0.25, -0.2) is 13.6 Å². The molecule has 0 saturated carbocycles. The minimum absolute atomic E-state index is 0.00204. The normalized spacial score (nSPS) is 10.6. The summed E-state index contributed by atoms with van der Waals surface area (Å²) in [4.78, 5) is 23.6. The maximum absolute atomic E-state index is 13.5. The van der Waals surface area contributed by atoms with Crippen molar-refractivity contribution in [2.45, 2.75) is 6.54 Å². The molecule has 0 radical (unpaired) electrons. The third kappa shape index (κ3) is 3.37. The van der Waals surface area contributed by atoms with E-state index in [1.807, 2.05) is 0 Å². The third-order valence-corrected chi connectivity index (χ3v) is 3.14. The summed E-state index contributed by atoms with van der Waals surface area (Å²) in [5.41, 5.74) is 0.388. The van der Waals surface area contributed by atoms with E-state index in [2.05, 4.69) is 10.4 Å². The monoisotopic (exact) mass is 331 g/mol. The number of rotatable bonds is 4. The van der Waals surface area contributed by atoms with Crippen LogP contribution in [0.3, 0.4) is 0 Å². The first-order chi connectivity index (χ1) is 11.5. The number of carbonyl (C=O) groups is 1. The molecule has 0 aliphatic rings. The van der Waals surface area contributed by atoms with E-state index < -0.39 is 29.8 Å². The van der Waals surface area contributed by atoms with Gasteiger partial charge in [0.25, 0.3) is 0 Å². The SMILES string of the molecule is O=C(Cn1nc(-c2ccc(F)cc2)oc1=O)Nc1ccccc1F. The predicted molar refractivity (Wildman–Crippen MR) is 81.2 cm³/mol. The van der Waals surface area contributed by atoms with Crippen LogP contribution >= 0.6 is 0 Å². The van der Waals surface area contributed by atoms with Crippen LogP contribution in [-0.2, 0) is 11.3 Å². The molecular formula is C16H11F2N3O3. The van der Waals surface area contributed by atoms with Crippen molar-refractivity contribution in [1.82, 2.24) is 9.78 Å². The fourth-order valence-electron chi connectivity index (χ4n) is 2.00. The van der Waals surface area contributed by atoms with Gasteiger partial charge in [-0.15, -0.1) is 5.10 Å². The largest absolute Gasteiger partial charge is 0.437 e. The number of hydrogen-bond donors (Lipinski definition) is 1. The van der Waals surface area contributed by atoms with E-state index in [1.54, 1.807) is 6.07 Å². The van der Waals surface area contributed by atoms with E-state index in [0.717, 1.165) is 4.68 Å². The van der Waals surface area contributed by atoms with Crippen LogP contribution in [0, 0.1) is 11.6 Å². The van der Waals surface area contributed by atoms with Gasteiger partial charge in [0.15, 0.2) is 0 Å². The number of nitrogens with one attached hydrogen (secondary N) is 1. The minimum atomic E-state index is -0.849. The Bertz CT molecular complexity index is 932. The first-order valence-corrected chi connectivity index (χ1v) is 6.91. The second-order valence-corrected chi connectivity index (χ2v) is 4.87. The van der Waals surface area contributed by atoms with Gasteiger partial charge >= 0.3 is 5.76 Å². The smallest absolute Gasteiger partial charge is 0.388 e. The Kier molecular flexibility index (Phi) is 4.19. The van der Waals surface area contributed by atoms with Crippen LogP contribution in [0.1, 0.15) is 0 Å². The molecule has 0 aliphatic carbocycles. The van der Waals surface area contributed by atoms with Crippen molar-refractivity contribution in [2.24, 2.45) is 0 Å². The lowest BCUT2D eigenvalue weighted by atomic mass is 10.2. The summed E-state index contributed by atoms with van der Waals surface area (Å²) in [6, 6.07) is 10.8. The van der Waals surface area contributed by atoms with Crippen molar-refractivity contribution in [3.05, 3.63) is 70.7 Å². The highest BCUT2D eigenvalue weighted by molar-refractivity contribution is 5.90. The van der Waals surface area contributed by atoms with Gasteiger partial charge in [0.2, 0.25) is 11.8 Å². The van der Waals surface area contributed by atoms with Gasteiger partial charge in [-0.05, 0) is 36.4 Å². The lowest BCUT2D eigenvalue weighted by Crippen LogP contribution is -2.26. The van der Waals surface area contributed by atoms with E-state index in [0.29, 0.717) is 5.56 Å². The molecule has 0 bridgehead atoms. The Morgan fingerprint density at radius 1 is 1.12 bits per heavy atom. The predicted octanol–water partition coefficient (Wildman–Crippen LogP) is 2.42. The average Bonchev–Trinajstić information content (AvgIpc) is 2.91. The summed E-state index contributed by atoms with van der Waals surface area (Å²) in [6.07, 6.45) is 0. The van der Waals surface area contributed by atoms with Crippen molar-refractivity contribution in [3.8, 4) is 11.5 Å². The molecule has 122 valence electrons. The molecule has 0 spiro atoms. The summed E-state index contributed by atoms with van der Waals surface area (Å²) in [5, 5.41) is 6.21. The van der Waals surface area contributed by atoms with E-state index in [-0.39, 0.29) is 11.6 Å². The van der Waals surface area contributed by atoms with Gasteiger partial charge in [0, 0.05) is 5.56 Å². The molecule has 1 N–H and O–H groups in total. The molecule has 0 aliphatic heterocycles. The van der Waals surface area contributed by atoms with Crippen LogP contribution in [0.15, 0.2) is 57.7 Å². The Morgan fingerprint density at radius 2 is 1.83 bits per heavy atom. The van der Waals surface area contributed by atoms with E-state index >= 15 is 0 Å². The van der Waals surface area contributed by atoms with E-state index in [4.69, 9.17) is 4.42 Å². The quantitative estimate of drug-likeness (QED) is 0.796. The van der Waals surface area contributed by atoms with Crippen molar-refractivity contribution >= 4 is 11.6 Å². The highest BCUT2D eigenvalue weighted by Gasteiger charge is 2.14. The summed E-state index contributed by atoms with van der Waals surface area (Å²) in [5.74, 6) is -2.56. The summed E-state index contributed by atoms with van der Waals surface area (Å²) in [7, 11) is 0.